The van der Waals surface area contributed by atoms with Gasteiger partial charge in [-0.25, -0.2) is 4.98 Å². The third kappa shape index (κ3) is 3.77. The van der Waals surface area contributed by atoms with E-state index in [2.05, 4.69) is 15.2 Å². The number of carbonyl (C=O) groups excluding carboxylic acids is 1. The van der Waals surface area contributed by atoms with Gasteiger partial charge < -0.3 is 9.64 Å². The summed E-state index contributed by atoms with van der Waals surface area (Å²) in [6.45, 7) is 3.71. The van der Waals surface area contributed by atoms with Gasteiger partial charge in [-0.05, 0) is 31.9 Å². The molecular formula is C19H20N4O2S2. The van der Waals surface area contributed by atoms with E-state index in [0.29, 0.717) is 10.8 Å². The van der Waals surface area contributed by atoms with Crippen LogP contribution in [-0.2, 0) is 4.79 Å². The lowest BCUT2D eigenvalue weighted by Crippen LogP contribution is -2.29. The quantitative estimate of drug-likeness (QED) is 0.607. The molecule has 1 aromatic carbocycles. The maximum absolute atomic E-state index is 12.3. The molecule has 0 bridgehead atoms. The van der Waals surface area contributed by atoms with Crippen molar-refractivity contribution >= 4 is 39.2 Å². The zero-order valence-electron chi connectivity index (χ0n) is 15.3. The van der Waals surface area contributed by atoms with Gasteiger partial charge in [-0.15, -0.1) is 21.5 Å². The summed E-state index contributed by atoms with van der Waals surface area (Å²) in [5, 5.41) is 10.5. The van der Waals surface area contributed by atoms with Gasteiger partial charge in [-0.2, -0.15) is 0 Å². The SMILES string of the molecule is COc1cccc(-c2nnc(SCC(=O)N3CCCC3)c3nc(C)sc23)c1. The second-order valence-electron chi connectivity index (χ2n) is 6.37. The molecule has 0 radical (unpaired) electrons. The van der Waals surface area contributed by atoms with Crippen LogP contribution in [0.1, 0.15) is 17.8 Å². The maximum atomic E-state index is 12.3. The highest BCUT2D eigenvalue weighted by Crippen LogP contribution is 2.36. The molecule has 1 saturated heterocycles. The fraction of sp³-hybridized carbons (Fsp3) is 0.368. The Bertz CT molecular complexity index is 983. The Balaban J connectivity index is 1.64. The smallest absolute Gasteiger partial charge is 0.232 e. The van der Waals surface area contributed by atoms with Crippen LogP contribution >= 0.6 is 23.1 Å². The minimum atomic E-state index is 0.163. The zero-order valence-corrected chi connectivity index (χ0v) is 16.9. The summed E-state index contributed by atoms with van der Waals surface area (Å²) in [5.41, 5.74) is 2.56. The van der Waals surface area contributed by atoms with Crippen molar-refractivity contribution in [1.29, 1.82) is 0 Å². The highest BCUT2D eigenvalue weighted by atomic mass is 32.2. The summed E-state index contributed by atoms with van der Waals surface area (Å²) in [6.07, 6.45) is 2.20. The predicted molar refractivity (Wildman–Crippen MR) is 108 cm³/mol. The number of fused-ring (bicyclic) bond motifs is 1. The standard InChI is InChI=1S/C19H20N4O2S2/c1-12-20-17-18(27-12)16(13-6-5-7-14(10-13)25-2)21-22-19(17)26-11-15(24)23-8-3-4-9-23/h5-7,10H,3-4,8-9,11H2,1-2H3. The Hall–Kier alpha value is -2.19. The van der Waals surface area contributed by atoms with Gasteiger partial charge in [-0.1, -0.05) is 23.9 Å². The molecule has 0 N–H and O–H groups in total. The number of nitrogens with zero attached hydrogens (tertiary/aromatic N) is 4. The van der Waals surface area contributed by atoms with Gasteiger partial charge in [0.15, 0.2) is 0 Å². The molecule has 0 aliphatic carbocycles. The number of hydrogen-bond acceptors (Lipinski definition) is 7. The first-order valence-corrected chi connectivity index (χ1v) is 10.6. The van der Waals surface area contributed by atoms with Crippen molar-refractivity contribution in [2.75, 3.05) is 26.0 Å². The predicted octanol–water partition coefficient (Wildman–Crippen LogP) is 3.78. The number of rotatable bonds is 5. The third-order valence-electron chi connectivity index (χ3n) is 4.53. The van der Waals surface area contributed by atoms with Gasteiger partial charge in [-0.3, -0.25) is 4.79 Å². The van der Waals surface area contributed by atoms with Crippen molar-refractivity contribution in [3.8, 4) is 17.0 Å². The molecule has 0 spiro atoms. The van der Waals surface area contributed by atoms with E-state index in [0.717, 1.165) is 58.2 Å². The van der Waals surface area contributed by atoms with Crippen LogP contribution in [0.15, 0.2) is 29.3 Å². The zero-order chi connectivity index (χ0) is 18.8. The van der Waals surface area contributed by atoms with Gasteiger partial charge in [0.1, 0.15) is 22.0 Å². The lowest BCUT2D eigenvalue weighted by molar-refractivity contribution is -0.127. The number of carbonyl (C=O) groups is 1. The van der Waals surface area contributed by atoms with Gasteiger partial charge in [0, 0.05) is 18.7 Å². The van der Waals surface area contributed by atoms with Crippen LogP contribution in [0.2, 0.25) is 0 Å². The number of benzene rings is 1. The lowest BCUT2D eigenvalue weighted by Gasteiger charge is -2.14. The normalized spacial score (nSPS) is 14.1. The molecule has 140 valence electrons. The number of ether oxygens (including phenoxy) is 1. The molecule has 1 fully saturated rings. The summed E-state index contributed by atoms with van der Waals surface area (Å²) in [6, 6.07) is 7.78. The fourth-order valence-corrected chi connectivity index (χ4v) is 4.98. The number of amides is 1. The molecule has 0 unspecified atom stereocenters. The molecule has 1 aliphatic rings. The monoisotopic (exact) mass is 400 g/mol. The van der Waals surface area contributed by atoms with E-state index in [9.17, 15) is 4.79 Å². The largest absolute Gasteiger partial charge is 0.497 e. The average Bonchev–Trinajstić information content (AvgIpc) is 3.35. The van der Waals surface area contributed by atoms with E-state index in [1.165, 1.54) is 11.8 Å². The first-order valence-electron chi connectivity index (χ1n) is 8.84. The molecule has 27 heavy (non-hydrogen) atoms. The minimum Gasteiger partial charge on any atom is -0.497 e. The highest BCUT2D eigenvalue weighted by molar-refractivity contribution is 8.00. The van der Waals surface area contributed by atoms with Crippen molar-refractivity contribution in [3.63, 3.8) is 0 Å². The first kappa shape index (κ1) is 18.2. The molecule has 0 atom stereocenters. The molecule has 1 aliphatic heterocycles. The van der Waals surface area contributed by atoms with Gasteiger partial charge in [0.05, 0.1) is 22.6 Å². The van der Waals surface area contributed by atoms with Crippen LogP contribution in [0.25, 0.3) is 21.5 Å². The summed E-state index contributed by atoms with van der Waals surface area (Å²) in [4.78, 5) is 18.9. The Kier molecular flexibility index (Phi) is 5.27. The molecule has 3 aromatic rings. The average molecular weight is 401 g/mol. The van der Waals surface area contributed by atoms with Crippen molar-refractivity contribution in [1.82, 2.24) is 20.1 Å². The summed E-state index contributed by atoms with van der Waals surface area (Å²) < 4.78 is 6.32. The molecule has 8 heteroatoms. The highest BCUT2D eigenvalue weighted by Gasteiger charge is 2.20. The van der Waals surface area contributed by atoms with Crippen molar-refractivity contribution in [3.05, 3.63) is 29.3 Å². The van der Waals surface area contributed by atoms with E-state index in [4.69, 9.17) is 4.74 Å². The van der Waals surface area contributed by atoms with E-state index in [1.807, 2.05) is 36.1 Å². The molecular weight excluding hydrogens is 380 g/mol. The van der Waals surface area contributed by atoms with Crippen LogP contribution in [0.5, 0.6) is 5.75 Å². The van der Waals surface area contributed by atoms with Crippen LogP contribution < -0.4 is 4.74 Å². The topological polar surface area (TPSA) is 68.2 Å². The molecule has 2 aromatic heterocycles. The number of thiazole rings is 1. The van der Waals surface area contributed by atoms with Crippen LogP contribution in [-0.4, -0.2) is 51.9 Å². The number of hydrogen-bond donors (Lipinski definition) is 0. The van der Waals surface area contributed by atoms with Crippen molar-refractivity contribution in [2.24, 2.45) is 0 Å². The first-order chi connectivity index (χ1) is 13.2. The molecule has 4 rings (SSSR count). The van der Waals surface area contributed by atoms with E-state index < -0.39 is 0 Å². The second kappa shape index (κ2) is 7.82. The lowest BCUT2D eigenvalue weighted by atomic mass is 10.1. The molecule has 1 amide bonds. The second-order valence-corrected chi connectivity index (χ2v) is 8.54. The number of methoxy groups -OCH3 is 1. The summed E-state index contributed by atoms with van der Waals surface area (Å²) >= 11 is 3.02. The molecule has 3 heterocycles. The van der Waals surface area contributed by atoms with Crippen LogP contribution in [0, 0.1) is 6.92 Å². The molecule has 6 nitrogen and oxygen atoms in total. The maximum Gasteiger partial charge on any atom is 0.232 e. The van der Waals surface area contributed by atoms with E-state index in [-0.39, 0.29) is 5.91 Å². The van der Waals surface area contributed by atoms with Crippen molar-refractivity contribution in [2.45, 2.75) is 24.8 Å². The van der Waals surface area contributed by atoms with Gasteiger partial charge in [0.2, 0.25) is 5.91 Å². The minimum absolute atomic E-state index is 0.163. The van der Waals surface area contributed by atoms with Crippen LogP contribution in [0.3, 0.4) is 0 Å². The van der Waals surface area contributed by atoms with Crippen molar-refractivity contribution < 1.29 is 9.53 Å². The van der Waals surface area contributed by atoms with Gasteiger partial charge >= 0.3 is 0 Å². The molecule has 0 saturated carbocycles. The number of likely N-dealkylation sites (tertiary alicyclic amines) is 1. The van der Waals surface area contributed by atoms with E-state index >= 15 is 0 Å². The Morgan fingerprint density at radius 2 is 2.11 bits per heavy atom. The van der Waals surface area contributed by atoms with Crippen LogP contribution in [0.4, 0.5) is 0 Å². The Morgan fingerprint density at radius 3 is 2.89 bits per heavy atom. The van der Waals surface area contributed by atoms with Gasteiger partial charge in [0.25, 0.3) is 0 Å². The Labute approximate surface area is 166 Å². The number of thioether (sulfide) groups is 1. The summed E-state index contributed by atoms with van der Waals surface area (Å²) in [7, 11) is 1.65. The fourth-order valence-electron chi connectivity index (χ4n) is 3.17. The van der Waals surface area contributed by atoms with E-state index in [1.54, 1.807) is 18.4 Å². The summed E-state index contributed by atoms with van der Waals surface area (Å²) in [5.74, 6) is 1.31. The Morgan fingerprint density at radius 1 is 1.30 bits per heavy atom. The number of aryl methyl sites for hydroxylation is 1. The number of aromatic nitrogens is 3. The third-order valence-corrected chi connectivity index (χ3v) is 6.44.